The van der Waals surface area contributed by atoms with E-state index in [2.05, 4.69) is 15.9 Å². The van der Waals surface area contributed by atoms with Crippen LogP contribution in [0.5, 0.6) is 0 Å². The van der Waals surface area contributed by atoms with Crippen LogP contribution >= 0.6 is 15.9 Å². The van der Waals surface area contributed by atoms with Gasteiger partial charge in [0.05, 0.1) is 15.7 Å². The molecule has 0 unspecified atom stereocenters. The van der Waals surface area contributed by atoms with Gasteiger partial charge < -0.3 is 4.42 Å². The minimum absolute atomic E-state index is 0.0967. The second kappa shape index (κ2) is 4.25. The van der Waals surface area contributed by atoms with Gasteiger partial charge >= 0.3 is 0 Å². The summed E-state index contributed by atoms with van der Waals surface area (Å²) in [5, 5.41) is 10.8. The smallest absolute Gasteiger partial charge is 0.284 e. The first-order chi connectivity index (χ1) is 8.02. The normalized spacial score (nSPS) is 10.5. The largest absolute Gasteiger partial charge is 0.464 e. The highest BCUT2D eigenvalue weighted by Gasteiger charge is 2.27. The number of furan rings is 1. The molecular formula is C10H4BrF2NO3. The Balaban J connectivity index is 2.80. The fraction of sp³-hybridized carbons (Fsp3) is 0. The number of hydrogen-bond donors (Lipinski definition) is 0. The third-order valence-electron chi connectivity index (χ3n) is 2.11. The minimum atomic E-state index is -1.32. The number of rotatable bonds is 2. The van der Waals surface area contributed by atoms with Gasteiger partial charge in [0.1, 0.15) is 11.3 Å². The predicted molar refractivity (Wildman–Crippen MR) is 58.4 cm³/mol. The van der Waals surface area contributed by atoms with Gasteiger partial charge in [-0.15, -0.1) is 0 Å². The molecule has 0 spiro atoms. The van der Waals surface area contributed by atoms with Crippen LogP contribution in [0.4, 0.5) is 14.5 Å². The lowest BCUT2D eigenvalue weighted by molar-refractivity contribution is -0.384. The number of nitrogens with zero attached hydrogens (tertiary/aromatic N) is 1. The highest BCUT2D eigenvalue weighted by Crippen LogP contribution is 2.37. The molecule has 0 N–H and O–H groups in total. The molecule has 0 atom stereocenters. The zero-order valence-electron chi connectivity index (χ0n) is 8.12. The van der Waals surface area contributed by atoms with Gasteiger partial charge in [-0.3, -0.25) is 10.1 Å². The molecule has 1 aromatic carbocycles. The molecule has 88 valence electrons. The Morgan fingerprint density at radius 2 is 2.06 bits per heavy atom. The lowest BCUT2D eigenvalue weighted by Gasteiger charge is -2.04. The molecule has 2 aromatic rings. The first-order valence-electron chi connectivity index (χ1n) is 4.38. The highest BCUT2D eigenvalue weighted by atomic mass is 79.9. The minimum Gasteiger partial charge on any atom is -0.464 e. The molecule has 0 bridgehead atoms. The van der Waals surface area contributed by atoms with E-state index in [1.54, 1.807) is 0 Å². The molecule has 4 nitrogen and oxygen atoms in total. The third-order valence-corrected chi connectivity index (χ3v) is 2.68. The van der Waals surface area contributed by atoms with E-state index in [0.717, 1.165) is 6.07 Å². The van der Waals surface area contributed by atoms with E-state index in [1.165, 1.54) is 18.4 Å². The van der Waals surface area contributed by atoms with E-state index in [4.69, 9.17) is 4.42 Å². The van der Waals surface area contributed by atoms with E-state index in [9.17, 15) is 18.9 Å². The molecule has 0 aliphatic heterocycles. The summed E-state index contributed by atoms with van der Waals surface area (Å²) >= 11 is 2.71. The number of nitro groups is 1. The first-order valence-corrected chi connectivity index (χ1v) is 5.17. The molecule has 0 amide bonds. The molecule has 1 aromatic heterocycles. The summed E-state index contributed by atoms with van der Waals surface area (Å²) in [5.74, 6) is -2.61. The molecule has 7 heteroatoms. The SMILES string of the molecule is O=[N+]([O-])c1cc(Br)c(F)c(F)c1-c1ccco1. The zero-order chi connectivity index (χ0) is 12.6. The zero-order valence-corrected chi connectivity index (χ0v) is 9.70. The maximum Gasteiger partial charge on any atom is 0.284 e. The average Bonchev–Trinajstić information content (AvgIpc) is 2.78. The van der Waals surface area contributed by atoms with Crippen LogP contribution in [0.1, 0.15) is 0 Å². The Morgan fingerprint density at radius 3 is 2.59 bits per heavy atom. The molecule has 1 heterocycles. The number of nitro benzene ring substituents is 1. The standard InChI is InChI=1S/C10H4BrF2NO3/c11-5-4-6(14(15)16)8(10(13)9(5)12)7-2-1-3-17-7/h1-4H. The average molecular weight is 304 g/mol. The van der Waals surface area contributed by atoms with E-state index in [-0.39, 0.29) is 10.2 Å². The number of halogens is 3. The molecule has 0 radical (unpaired) electrons. The van der Waals surface area contributed by atoms with Gasteiger partial charge in [-0.25, -0.2) is 8.78 Å². The Bertz CT molecular complexity index is 584. The Kier molecular flexibility index (Phi) is 2.93. The van der Waals surface area contributed by atoms with Crippen LogP contribution in [0, 0.1) is 21.7 Å². The van der Waals surface area contributed by atoms with Gasteiger partial charge in [-0.1, -0.05) is 0 Å². The van der Waals surface area contributed by atoms with E-state index in [0.29, 0.717) is 0 Å². The summed E-state index contributed by atoms with van der Waals surface area (Å²) in [5.41, 5.74) is -1.06. The Labute approximate surface area is 102 Å². The van der Waals surface area contributed by atoms with Gasteiger partial charge in [0.2, 0.25) is 0 Å². The lowest BCUT2D eigenvalue weighted by Crippen LogP contribution is -1.98. The van der Waals surface area contributed by atoms with Gasteiger partial charge in [-0.05, 0) is 28.1 Å². The van der Waals surface area contributed by atoms with E-state index < -0.39 is 27.8 Å². The molecule has 2 rings (SSSR count). The Hall–Kier alpha value is -1.76. The van der Waals surface area contributed by atoms with Crippen LogP contribution in [0.3, 0.4) is 0 Å². The molecule has 17 heavy (non-hydrogen) atoms. The predicted octanol–water partition coefficient (Wildman–Crippen LogP) is 3.90. The van der Waals surface area contributed by atoms with E-state index >= 15 is 0 Å². The fourth-order valence-electron chi connectivity index (χ4n) is 1.38. The lowest BCUT2D eigenvalue weighted by atomic mass is 10.1. The summed E-state index contributed by atoms with van der Waals surface area (Å²) < 4.78 is 31.6. The van der Waals surface area contributed by atoms with Crippen molar-refractivity contribution in [1.29, 1.82) is 0 Å². The molecule has 0 saturated carbocycles. The number of benzene rings is 1. The van der Waals surface area contributed by atoms with Gasteiger partial charge in [0, 0.05) is 6.07 Å². The van der Waals surface area contributed by atoms with Crippen molar-refractivity contribution in [3.8, 4) is 11.3 Å². The van der Waals surface area contributed by atoms with Crippen molar-refractivity contribution >= 4 is 21.6 Å². The summed E-state index contributed by atoms with van der Waals surface area (Å²) in [6.45, 7) is 0. The molecule has 0 saturated heterocycles. The van der Waals surface area contributed by atoms with Gasteiger partial charge in [0.15, 0.2) is 11.6 Å². The topological polar surface area (TPSA) is 56.3 Å². The monoisotopic (exact) mass is 303 g/mol. The summed E-state index contributed by atoms with van der Waals surface area (Å²) in [4.78, 5) is 9.99. The molecule has 0 aliphatic carbocycles. The van der Waals surface area contributed by atoms with Gasteiger partial charge in [-0.2, -0.15) is 0 Å². The maximum atomic E-state index is 13.7. The summed E-state index contributed by atoms with van der Waals surface area (Å²) in [6.07, 6.45) is 1.22. The van der Waals surface area contributed by atoms with Crippen LogP contribution in [-0.4, -0.2) is 4.92 Å². The van der Waals surface area contributed by atoms with Crippen LogP contribution in [-0.2, 0) is 0 Å². The van der Waals surface area contributed by atoms with Crippen molar-refractivity contribution in [1.82, 2.24) is 0 Å². The van der Waals surface area contributed by atoms with Crippen molar-refractivity contribution < 1.29 is 18.1 Å². The van der Waals surface area contributed by atoms with Crippen LogP contribution in [0.2, 0.25) is 0 Å². The summed E-state index contributed by atoms with van der Waals surface area (Å²) in [7, 11) is 0. The molecule has 0 fully saturated rings. The van der Waals surface area contributed by atoms with Crippen molar-refractivity contribution in [3.63, 3.8) is 0 Å². The fourth-order valence-corrected chi connectivity index (χ4v) is 1.77. The van der Waals surface area contributed by atoms with Crippen molar-refractivity contribution in [2.45, 2.75) is 0 Å². The van der Waals surface area contributed by atoms with E-state index in [1.807, 2.05) is 0 Å². The van der Waals surface area contributed by atoms with Crippen molar-refractivity contribution in [3.05, 3.63) is 50.7 Å². The van der Waals surface area contributed by atoms with Crippen molar-refractivity contribution in [2.24, 2.45) is 0 Å². The Morgan fingerprint density at radius 1 is 1.35 bits per heavy atom. The molecule has 0 aliphatic rings. The third kappa shape index (κ3) is 1.93. The second-order valence-corrected chi connectivity index (χ2v) is 3.97. The molecular weight excluding hydrogens is 300 g/mol. The van der Waals surface area contributed by atoms with Crippen LogP contribution in [0.25, 0.3) is 11.3 Å². The summed E-state index contributed by atoms with van der Waals surface area (Å²) in [6, 6.07) is 3.65. The van der Waals surface area contributed by atoms with Crippen molar-refractivity contribution in [2.75, 3.05) is 0 Å². The van der Waals surface area contributed by atoms with Crippen LogP contribution in [0.15, 0.2) is 33.4 Å². The second-order valence-electron chi connectivity index (χ2n) is 3.11. The number of hydrogen-bond acceptors (Lipinski definition) is 3. The van der Waals surface area contributed by atoms with Gasteiger partial charge in [0.25, 0.3) is 5.69 Å². The van der Waals surface area contributed by atoms with Crippen LogP contribution < -0.4 is 0 Å². The first kappa shape index (κ1) is 11.7. The highest BCUT2D eigenvalue weighted by molar-refractivity contribution is 9.10. The maximum absolute atomic E-state index is 13.7. The quantitative estimate of drug-likeness (QED) is 0.480.